The number of amides is 2. The number of pyridine rings is 1. The zero-order valence-corrected chi connectivity index (χ0v) is 13.8. The largest absolute Gasteiger partial charge is 0.349 e. The molecule has 2 aliphatic rings. The van der Waals surface area contributed by atoms with E-state index in [1.165, 1.54) is 0 Å². The van der Waals surface area contributed by atoms with Gasteiger partial charge in [-0.3, -0.25) is 19.5 Å². The second-order valence-corrected chi connectivity index (χ2v) is 6.53. The third kappa shape index (κ3) is 3.52. The average molecular weight is 316 g/mol. The Morgan fingerprint density at radius 3 is 2.61 bits per heavy atom. The Morgan fingerprint density at radius 1 is 1.26 bits per heavy atom. The van der Waals surface area contributed by atoms with Crippen molar-refractivity contribution in [2.45, 2.75) is 38.3 Å². The monoisotopic (exact) mass is 316 g/mol. The van der Waals surface area contributed by atoms with E-state index >= 15 is 0 Å². The van der Waals surface area contributed by atoms with Crippen molar-refractivity contribution >= 4 is 11.8 Å². The zero-order valence-electron chi connectivity index (χ0n) is 13.8. The summed E-state index contributed by atoms with van der Waals surface area (Å²) >= 11 is 0. The minimum atomic E-state index is -0.0365. The van der Waals surface area contributed by atoms with Gasteiger partial charge in [0.25, 0.3) is 5.91 Å². The fourth-order valence-corrected chi connectivity index (χ4v) is 3.45. The number of carbonyl (C=O) groups is 2. The quantitative estimate of drug-likeness (QED) is 0.896. The Hall–Kier alpha value is -1.95. The van der Waals surface area contributed by atoms with Crippen LogP contribution in [0.1, 0.15) is 35.3 Å². The van der Waals surface area contributed by atoms with Crippen molar-refractivity contribution in [1.82, 2.24) is 20.1 Å². The molecule has 0 bridgehead atoms. The molecule has 1 aromatic rings. The third-order valence-electron chi connectivity index (χ3n) is 4.86. The summed E-state index contributed by atoms with van der Waals surface area (Å²) in [5.41, 5.74) is 1.50. The van der Waals surface area contributed by atoms with E-state index in [-0.39, 0.29) is 23.9 Å². The second-order valence-electron chi connectivity index (χ2n) is 6.53. The summed E-state index contributed by atoms with van der Waals surface area (Å²) in [6, 6.07) is 3.77. The van der Waals surface area contributed by atoms with Gasteiger partial charge in [0.2, 0.25) is 5.91 Å². The zero-order chi connectivity index (χ0) is 16.4. The van der Waals surface area contributed by atoms with E-state index in [4.69, 9.17) is 0 Å². The molecule has 2 amide bonds. The first-order valence-electron chi connectivity index (χ1n) is 8.27. The Kier molecular flexibility index (Phi) is 4.61. The molecule has 3 heterocycles. The Balaban J connectivity index is 1.51. The number of aryl methyl sites for hydroxylation is 1. The highest BCUT2D eigenvalue weighted by Crippen LogP contribution is 2.21. The van der Waals surface area contributed by atoms with Crippen LogP contribution in [0.25, 0.3) is 0 Å². The minimum absolute atomic E-state index is 0.0365. The summed E-state index contributed by atoms with van der Waals surface area (Å²) in [7, 11) is 1.87. The highest BCUT2D eigenvalue weighted by Gasteiger charge is 2.35. The summed E-state index contributed by atoms with van der Waals surface area (Å²) in [4.78, 5) is 32.6. The number of aromatic nitrogens is 1. The highest BCUT2D eigenvalue weighted by molar-refractivity contribution is 5.94. The van der Waals surface area contributed by atoms with Gasteiger partial charge in [0, 0.05) is 50.2 Å². The summed E-state index contributed by atoms with van der Waals surface area (Å²) in [5, 5.41) is 3.10. The molecule has 23 heavy (non-hydrogen) atoms. The van der Waals surface area contributed by atoms with Gasteiger partial charge in [0.1, 0.15) is 0 Å². The molecule has 124 valence electrons. The van der Waals surface area contributed by atoms with Crippen molar-refractivity contribution in [2.75, 3.05) is 26.7 Å². The summed E-state index contributed by atoms with van der Waals surface area (Å²) in [6.45, 7) is 4.46. The van der Waals surface area contributed by atoms with Crippen LogP contribution in [-0.4, -0.2) is 65.4 Å². The molecule has 1 unspecified atom stereocenters. The fourth-order valence-electron chi connectivity index (χ4n) is 3.45. The second kappa shape index (κ2) is 6.66. The Morgan fingerprint density at radius 2 is 2.00 bits per heavy atom. The minimum Gasteiger partial charge on any atom is -0.349 e. The van der Waals surface area contributed by atoms with E-state index in [2.05, 4.69) is 15.2 Å². The molecular weight excluding hydrogens is 292 g/mol. The number of carbonyl (C=O) groups excluding carboxylic acids is 2. The lowest BCUT2D eigenvalue weighted by molar-refractivity contribution is -0.131. The van der Waals surface area contributed by atoms with Crippen LogP contribution < -0.4 is 5.32 Å². The molecule has 6 heteroatoms. The molecule has 1 aromatic heterocycles. The summed E-state index contributed by atoms with van der Waals surface area (Å²) < 4.78 is 0. The van der Waals surface area contributed by atoms with Crippen molar-refractivity contribution in [2.24, 2.45) is 0 Å². The molecule has 2 saturated heterocycles. The van der Waals surface area contributed by atoms with Gasteiger partial charge in [-0.15, -0.1) is 0 Å². The van der Waals surface area contributed by atoms with Gasteiger partial charge in [-0.25, -0.2) is 0 Å². The number of hydrogen-bond donors (Lipinski definition) is 1. The van der Waals surface area contributed by atoms with Crippen molar-refractivity contribution in [3.05, 3.63) is 29.6 Å². The summed E-state index contributed by atoms with van der Waals surface area (Å²) in [5.74, 6) is 0.199. The Labute approximate surface area is 136 Å². The van der Waals surface area contributed by atoms with Crippen LogP contribution in [0.5, 0.6) is 0 Å². The number of rotatable bonds is 3. The number of piperidine rings is 1. The van der Waals surface area contributed by atoms with Crippen LogP contribution in [0, 0.1) is 6.92 Å². The van der Waals surface area contributed by atoms with Crippen LogP contribution in [0.15, 0.2) is 18.3 Å². The molecule has 2 fully saturated rings. The molecule has 0 radical (unpaired) electrons. The fraction of sp³-hybridized carbons (Fsp3) is 0.588. The lowest BCUT2D eigenvalue weighted by Crippen LogP contribution is -2.50. The van der Waals surface area contributed by atoms with Gasteiger partial charge in [-0.05, 0) is 38.3 Å². The lowest BCUT2D eigenvalue weighted by atomic mass is 10.0. The third-order valence-corrected chi connectivity index (χ3v) is 4.86. The van der Waals surface area contributed by atoms with E-state index in [1.54, 1.807) is 18.3 Å². The Bertz CT molecular complexity index is 596. The van der Waals surface area contributed by atoms with Crippen LogP contribution in [0.4, 0.5) is 0 Å². The molecule has 0 spiro atoms. The van der Waals surface area contributed by atoms with Gasteiger partial charge < -0.3 is 10.2 Å². The molecule has 2 aliphatic heterocycles. The van der Waals surface area contributed by atoms with E-state index in [9.17, 15) is 9.59 Å². The molecule has 3 rings (SSSR count). The summed E-state index contributed by atoms with van der Waals surface area (Å²) in [6.07, 6.45) is 4.37. The predicted molar refractivity (Wildman–Crippen MR) is 87.1 cm³/mol. The molecule has 0 saturated carbocycles. The van der Waals surface area contributed by atoms with Crippen LogP contribution in [0.2, 0.25) is 0 Å². The molecule has 0 aliphatic carbocycles. The van der Waals surface area contributed by atoms with Gasteiger partial charge in [0.15, 0.2) is 0 Å². The maximum absolute atomic E-state index is 12.3. The molecule has 6 nitrogen and oxygen atoms in total. The number of hydrogen-bond acceptors (Lipinski definition) is 4. The first-order valence-corrected chi connectivity index (χ1v) is 8.27. The molecule has 0 aromatic carbocycles. The molecular formula is C17H24N4O2. The van der Waals surface area contributed by atoms with Crippen LogP contribution in [0.3, 0.4) is 0 Å². The molecule has 1 N–H and O–H groups in total. The maximum Gasteiger partial charge on any atom is 0.251 e. The average Bonchev–Trinajstić information content (AvgIpc) is 2.88. The normalized spacial score (nSPS) is 23.3. The van der Waals surface area contributed by atoms with Gasteiger partial charge in [-0.1, -0.05) is 0 Å². The standard InChI is InChI=1S/C17H24N4O2/c1-12-11-13(3-7-18-12)16(22)19-14-4-9-21(10-5-14)15-6-8-20(2)17(15)23/h3,7,11,14-15H,4-6,8-10H2,1-2H3,(H,19,22). The number of likely N-dealkylation sites (tertiary alicyclic amines) is 2. The van der Waals surface area contributed by atoms with E-state index in [1.807, 2.05) is 18.9 Å². The van der Waals surface area contributed by atoms with Crippen LogP contribution >= 0.6 is 0 Å². The topological polar surface area (TPSA) is 65.5 Å². The van der Waals surface area contributed by atoms with E-state index in [0.717, 1.165) is 44.6 Å². The van der Waals surface area contributed by atoms with E-state index in [0.29, 0.717) is 5.56 Å². The first kappa shape index (κ1) is 15.9. The number of nitrogens with zero attached hydrogens (tertiary/aromatic N) is 3. The maximum atomic E-state index is 12.3. The van der Waals surface area contributed by atoms with Gasteiger partial charge in [0.05, 0.1) is 6.04 Å². The van der Waals surface area contributed by atoms with Crippen molar-refractivity contribution in [3.8, 4) is 0 Å². The first-order chi connectivity index (χ1) is 11.0. The highest BCUT2D eigenvalue weighted by atomic mass is 16.2. The number of likely N-dealkylation sites (N-methyl/N-ethyl adjacent to an activating group) is 1. The smallest absolute Gasteiger partial charge is 0.251 e. The number of nitrogens with one attached hydrogen (secondary N) is 1. The van der Waals surface area contributed by atoms with Gasteiger partial charge in [-0.2, -0.15) is 0 Å². The molecule has 1 atom stereocenters. The predicted octanol–water partition coefficient (Wildman–Crippen LogP) is 0.815. The SMILES string of the molecule is Cc1cc(C(=O)NC2CCN(C3CCN(C)C3=O)CC2)ccn1. The lowest BCUT2D eigenvalue weighted by Gasteiger charge is -2.35. The van der Waals surface area contributed by atoms with Crippen molar-refractivity contribution in [1.29, 1.82) is 0 Å². The van der Waals surface area contributed by atoms with E-state index < -0.39 is 0 Å². The van der Waals surface area contributed by atoms with Crippen LogP contribution in [-0.2, 0) is 4.79 Å². The van der Waals surface area contributed by atoms with Gasteiger partial charge >= 0.3 is 0 Å². The van der Waals surface area contributed by atoms with Crippen molar-refractivity contribution < 1.29 is 9.59 Å². The van der Waals surface area contributed by atoms with Crippen molar-refractivity contribution in [3.63, 3.8) is 0 Å².